The Kier molecular flexibility index (Phi) is 4.62. The number of rotatable bonds is 6. The van der Waals surface area contributed by atoms with Crippen LogP contribution in [0.5, 0.6) is 0 Å². The first-order chi connectivity index (χ1) is 9.02. The highest BCUT2D eigenvalue weighted by molar-refractivity contribution is 7.89. The van der Waals surface area contributed by atoms with Crippen LogP contribution in [0.3, 0.4) is 0 Å². The molecule has 114 valence electrons. The minimum absolute atomic E-state index is 0.0286. The van der Waals surface area contributed by atoms with E-state index in [-0.39, 0.29) is 22.8 Å². The molecule has 0 aliphatic heterocycles. The van der Waals surface area contributed by atoms with Crippen molar-refractivity contribution in [3.63, 3.8) is 0 Å². The van der Waals surface area contributed by atoms with Crippen LogP contribution in [0, 0.1) is 13.8 Å². The monoisotopic (exact) mass is 304 g/mol. The summed E-state index contributed by atoms with van der Waals surface area (Å²) in [5.41, 5.74) is -0.434. The molecule has 0 fully saturated rings. The summed E-state index contributed by atoms with van der Waals surface area (Å²) in [5, 5.41) is 9.02. The molecule has 1 heterocycles. The van der Waals surface area contributed by atoms with Gasteiger partial charge in [-0.2, -0.15) is 0 Å². The Labute approximate surface area is 118 Å². The molecule has 0 aliphatic carbocycles. The summed E-state index contributed by atoms with van der Waals surface area (Å²) >= 11 is 0. The molecule has 3 N–H and O–H groups in total. The topological polar surface area (TPSA) is 108 Å². The number of H-pyrrole nitrogens is 1. The van der Waals surface area contributed by atoms with Gasteiger partial charge in [0.1, 0.15) is 10.6 Å². The Morgan fingerprint density at radius 2 is 1.95 bits per heavy atom. The van der Waals surface area contributed by atoms with Crippen LogP contribution in [0.2, 0.25) is 0 Å². The second-order valence-corrected chi connectivity index (χ2v) is 6.93. The van der Waals surface area contributed by atoms with Crippen LogP contribution >= 0.6 is 0 Å². The van der Waals surface area contributed by atoms with E-state index in [1.165, 1.54) is 21.0 Å². The zero-order valence-corrected chi connectivity index (χ0v) is 13.0. The van der Waals surface area contributed by atoms with Crippen molar-refractivity contribution in [2.75, 3.05) is 13.7 Å². The molecule has 0 aromatic carbocycles. The molecule has 20 heavy (non-hydrogen) atoms. The van der Waals surface area contributed by atoms with Gasteiger partial charge in [-0.3, -0.25) is 0 Å². The highest BCUT2D eigenvalue weighted by Gasteiger charge is 2.31. The number of aromatic amines is 1. The second-order valence-electron chi connectivity index (χ2n) is 5.31. The van der Waals surface area contributed by atoms with E-state index in [1.54, 1.807) is 13.8 Å². The Morgan fingerprint density at radius 1 is 1.40 bits per heavy atom. The highest BCUT2D eigenvalue weighted by atomic mass is 32.2. The largest absolute Gasteiger partial charge is 0.477 e. The zero-order chi connectivity index (χ0) is 15.7. The molecule has 0 radical (unpaired) electrons. The lowest BCUT2D eigenvalue weighted by molar-refractivity contribution is 0.0690. The van der Waals surface area contributed by atoms with Crippen LogP contribution in [0.4, 0.5) is 0 Å². The van der Waals surface area contributed by atoms with Crippen molar-refractivity contribution in [3.05, 3.63) is 17.0 Å². The van der Waals surface area contributed by atoms with Crippen LogP contribution in [-0.4, -0.2) is 43.7 Å². The number of carboxylic acids is 1. The molecule has 0 amide bonds. The third-order valence-electron chi connectivity index (χ3n) is 2.77. The highest BCUT2D eigenvalue weighted by Crippen LogP contribution is 2.24. The van der Waals surface area contributed by atoms with Gasteiger partial charge in [0.15, 0.2) is 0 Å². The summed E-state index contributed by atoms with van der Waals surface area (Å²) in [6.45, 7) is 6.55. The molecule has 1 rings (SSSR count). The molecule has 1 aromatic heterocycles. The first-order valence-corrected chi connectivity index (χ1v) is 7.45. The Hall–Kier alpha value is -1.38. The number of ether oxygens (including phenoxy) is 1. The van der Waals surface area contributed by atoms with Crippen molar-refractivity contribution in [2.45, 2.75) is 38.1 Å². The lowest BCUT2D eigenvalue weighted by Gasteiger charge is -2.25. The number of nitrogens with one attached hydrogen (secondary N) is 2. The van der Waals surface area contributed by atoms with Gasteiger partial charge in [-0.05, 0) is 27.7 Å². The third kappa shape index (κ3) is 3.38. The maximum atomic E-state index is 12.4. The molecule has 1 aromatic rings. The van der Waals surface area contributed by atoms with Crippen LogP contribution in [-0.2, 0) is 14.8 Å². The summed E-state index contributed by atoms with van der Waals surface area (Å²) in [6, 6.07) is 0. The molecule has 0 aliphatic rings. The fraction of sp³-hybridized carbons (Fsp3) is 0.583. The predicted molar refractivity (Wildman–Crippen MR) is 73.5 cm³/mol. The molecular weight excluding hydrogens is 284 g/mol. The number of aromatic carboxylic acids is 1. The summed E-state index contributed by atoms with van der Waals surface area (Å²) in [4.78, 5) is 13.6. The van der Waals surface area contributed by atoms with Crippen molar-refractivity contribution in [1.29, 1.82) is 0 Å². The standard InChI is InChI=1S/C12H20N2O5S/c1-7-9(11(15)16)13-8(2)10(7)20(17,18)14-12(3,4)6-19-5/h13-14H,6H2,1-5H3,(H,15,16). The maximum absolute atomic E-state index is 12.4. The second kappa shape index (κ2) is 5.55. The average molecular weight is 304 g/mol. The fourth-order valence-corrected chi connectivity index (χ4v) is 4.00. The molecule has 0 saturated heterocycles. The molecule has 0 atom stereocenters. The lowest BCUT2D eigenvalue weighted by Crippen LogP contribution is -2.46. The SMILES string of the molecule is COCC(C)(C)NS(=O)(=O)c1c(C)[nH]c(C(=O)O)c1C. The number of hydrogen-bond acceptors (Lipinski definition) is 4. The van der Waals surface area contributed by atoms with E-state index in [1.807, 2.05) is 0 Å². The van der Waals surface area contributed by atoms with Gasteiger partial charge in [-0.1, -0.05) is 0 Å². The first-order valence-electron chi connectivity index (χ1n) is 5.97. The van der Waals surface area contributed by atoms with E-state index in [9.17, 15) is 13.2 Å². The molecule has 7 nitrogen and oxygen atoms in total. The summed E-state index contributed by atoms with van der Waals surface area (Å²) in [7, 11) is -2.36. The zero-order valence-electron chi connectivity index (χ0n) is 12.2. The van der Waals surface area contributed by atoms with Crippen molar-refractivity contribution >= 4 is 16.0 Å². The van der Waals surface area contributed by atoms with Crippen molar-refractivity contribution < 1.29 is 23.1 Å². The van der Waals surface area contributed by atoms with Crippen molar-refractivity contribution in [2.24, 2.45) is 0 Å². The molecule has 0 unspecified atom stereocenters. The van der Waals surface area contributed by atoms with Gasteiger partial charge in [0, 0.05) is 18.4 Å². The lowest BCUT2D eigenvalue weighted by atomic mass is 10.1. The molecule has 0 bridgehead atoms. The number of aromatic nitrogens is 1. The molecular formula is C12H20N2O5S. The van der Waals surface area contributed by atoms with Crippen LogP contribution in [0.1, 0.15) is 35.6 Å². The third-order valence-corrected chi connectivity index (χ3v) is 4.74. The normalized spacial score (nSPS) is 12.7. The minimum atomic E-state index is -3.84. The van der Waals surface area contributed by atoms with E-state index < -0.39 is 21.5 Å². The smallest absolute Gasteiger partial charge is 0.352 e. The van der Waals surface area contributed by atoms with Crippen LogP contribution in [0.15, 0.2) is 4.90 Å². The van der Waals surface area contributed by atoms with E-state index in [0.29, 0.717) is 5.69 Å². The first kappa shape index (κ1) is 16.7. The van der Waals surface area contributed by atoms with E-state index >= 15 is 0 Å². The Morgan fingerprint density at radius 3 is 2.35 bits per heavy atom. The van der Waals surface area contributed by atoms with Gasteiger partial charge >= 0.3 is 5.97 Å². The van der Waals surface area contributed by atoms with Gasteiger partial charge < -0.3 is 14.8 Å². The molecule has 0 spiro atoms. The maximum Gasteiger partial charge on any atom is 0.352 e. The van der Waals surface area contributed by atoms with E-state index in [2.05, 4.69) is 9.71 Å². The number of sulfonamides is 1. The van der Waals surface area contributed by atoms with Crippen LogP contribution in [0.25, 0.3) is 0 Å². The minimum Gasteiger partial charge on any atom is -0.477 e. The summed E-state index contributed by atoms with van der Waals surface area (Å²) in [5.74, 6) is -1.19. The number of hydrogen-bond donors (Lipinski definition) is 3. The van der Waals surface area contributed by atoms with Crippen LogP contribution < -0.4 is 4.72 Å². The average Bonchev–Trinajstić information content (AvgIpc) is 2.52. The van der Waals surface area contributed by atoms with E-state index in [4.69, 9.17) is 9.84 Å². The number of carbonyl (C=O) groups is 1. The van der Waals surface area contributed by atoms with Crippen molar-refractivity contribution in [3.8, 4) is 0 Å². The predicted octanol–water partition coefficient (Wildman–Crippen LogP) is 1.03. The quantitative estimate of drug-likeness (QED) is 0.727. The van der Waals surface area contributed by atoms with Gasteiger partial charge in [0.2, 0.25) is 10.0 Å². The Bertz CT molecular complexity index is 616. The van der Waals surface area contributed by atoms with E-state index in [0.717, 1.165) is 0 Å². The number of methoxy groups -OCH3 is 1. The fourth-order valence-electron chi connectivity index (χ4n) is 2.15. The summed E-state index contributed by atoms with van der Waals surface area (Å²) in [6.07, 6.45) is 0. The molecule has 0 saturated carbocycles. The number of carboxylic acid groups (broad SMARTS) is 1. The van der Waals surface area contributed by atoms with Gasteiger partial charge in [0.25, 0.3) is 0 Å². The van der Waals surface area contributed by atoms with Gasteiger partial charge in [-0.25, -0.2) is 17.9 Å². The summed E-state index contributed by atoms with van der Waals surface area (Å²) < 4.78 is 32.3. The van der Waals surface area contributed by atoms with Gasteiger partial charge in [0.05, 0.1) is 12.1 Å². The molecule has 8 heteroatoms. The number of aryl methyl sites for hydroxylation is 1. The Balaban J connectivity index is 3.27. The van der Waals surface area contributed by atoms with Crippen molar-refractivity contribution in [1.82, 2.24) is 9.71 Å². The van der Waals surface area contributed by atoms with Gasteiger partial charge in [-0.15, -0.1) is 0 Å².